The van der Waals surface area contributed by atoms with Crippen LogP contribution in [0.15, 0.2) is 39.4 Å². The summed E-state index contributed by atoms with van der Waals surface area (Å²) in [5, 5.41) is 9.52. The minimum absolute atomic E-state index is 0.110. The molecule has 0 unspecified atom stereocenters. The van der Waals surface area contributed by atoms with Crippen LogP contribution >= 0.6 is 23.1 Å². The Morgan fingerprint density at radius 1 is 1.26 bits per heavy atom. The van der Waals surface area contributed by atoms with Crippen LogP contribution in [0, 0.1) is 0 Å². The number of benzene rings is 1. The van der Waals surface area contributed by atoms with Crippen LogP contribution in [-0.4, -0.2) is 36.8 Å². The van der Waals surface area contributed by atoms with E-state index < -0.39 is 0 Å². The van der Waals surface area contributed by atoms with E-state index in [0.29, 0.717) is 5.92 Å². The molecule has 1 aromatic heterocycles. The van der Waals surface area contributed by atoms with Gasteiger partial charge in [0.15, 0.2) is 0 Å². The molecule has 3 heterocycles. The van der Waals surface area contributed by atoms with Gasteiger partial charge in [0.1, 0.15) is 0 Å². The molecule has 4 rings (SSSR count). The van der Waals surface area contributed by atoms with E-state index in [1.54, 1.807) is 11.3 Å². The Bertz CT molecular complexity index is 713. The quantitative estimate of drug-likeness (QED) is 0.913. The van der Waals surface area contributed by atoms with Crippen LogP contribution < -0.4 is 0 Å². The summed E-state index contributed by atoms with van der Waals surface area (Å²) in [6, 6.07) is 10.9. The van der Waals surface area contributed by atoms with Crippen molar-refractivity contribution >= 4 is 23.1 Å². The lowest BCUT2D eigenvalue weighted by Gasteiger charge is -2.18. The lowest BCUT2D eigenvalue weighted by atomic mass is 9.88. The fraction of sp³-hybridized carbons (Fsp3) is 0.444. The van der Waals surface area contributed by atoms with Crippen LogP contribution in [0.5, 0.6) is 0 Å². The molecule has 0 radical (unpaired) electrons. The van der Waals surface area contributed by atoms with E-state index in [2.05, 4.69) is 49.3 Å². The van der Waals surface area contributed by atoms with Crippen LogP contribution in [0.25, 0.3) is 0 Å². The molecule has 5 heteroatoms. The zero-order chi connectivity index (χ0) is 16.0. The van der Waals surface area contributed by atoms with Crippen molar-refractivity contribution in [3.63, 3.8) is 0 Å². The molecule has 2 aliphatic heterocycles. The first-order valence-electron chi connectivity index (χ1n) is 7.96. The van der Waals surface area contributed by atoms with Gasteiger partial charge in [0, 0.05) is 27.8 Å². The minimum Gasteiger partial charge on any atom is -0.391 e. The summed E-state index contributed by atoms with van der Waals surface area (Å²) in [5.74, 6) is 0.408. The molecule has 2 aromatic rings. The fourth-order valence-corrected chi connectivity index (χ4v) is 6.16. The summed E-state index contributed by atoms with van der Waals surface area (Å²) in [6.07, 6.45) is 1.44. The van der Waals surface area contributed by atoms with Crippen LogP contribution in [-0.2, 0) is 11.3 Å². The first-order chi connectivity index (χ1) is 11.2. The van der Waals surface area contributed by atoms with Gasteiger partial charge in [-0.3, -0.25) is 0 Å². The molecule has 3 nitrogen and oxygen atoms in total. The second-order valence-electron chi connectivity index (χ2n) is 6.54. The third-order valence-electron chi connectivity index (χ3n) is 4.55. The van der Waals surface area contributed by atoms with Gasteiger partial charge in [-0.1, -0.05) is 30.0 Å². The van der Waals surface area contributed by atoms with E-state index in [9.17, 15) is 5.11 Å². The minimum atomic E-state index is 0.110. The molecule has 23 heavy (non-hydrogen) atoms. The molecule has 0 amide bonds. The molecule has 0 saturated carbocycles. The summed E-state index contributed by atoms with van der Waals surface area (Å²) < 4.78 is 7.74. The molecule has 1 saturated heterocycles. The van der Waals surface area contributed by atoms with E-state index in [0.717, 1.165) is 17.8 Å². The molecule has 1 aromatic carbocycles. The van der Waals surface area contributed by atoms with Gasteiger partial charge < -0.3 is 14.7 Å². The topological polar surface area (TPSA) is 32.7 Å². The average Bonchev–Trinajstić information content (AvgIpc) is 3.08. The van der Waals surface area contributed by atoms with E-state index in [-0.39, 0.29) is 18.8 Å². The van der Waals surface area contributed by atoms with E-state index >= 15 is 0 Å². The van der Waals surface area contributed by atoms with Crippen molar-refractivity contribution in [2.24, 2.45) is 0 Å². The maximum atomic E-state index is 9.52. The van der Waals surface area contributed by atoms with Crippen molar-refractivity contribution < 1.29 is 9.84 Å². The Morgan fingerprint density at radius 3 is 2.87 bits per heavy atom. The van der Waals surface area contributed by atoms with Gasteiger partial charge in [-0.2, -0.15) is 0 Å². The molecule has 1 N–H and O–H groups in total. The summed E-state index contributed by atoms with van der Waals surface area (Å²) in [4.78, 5) is 4.56. The monoisotopic (exact) mass is 347 g/mol. The highest BCUT2D eigenvalue weighted by Gasteiger charge is 2.41. The molecule has 1 fully saturated rings. The number of nitrogens with zero attached hydrogens (tertiary/aromatic N) is 1. The number of hydrogen-bond acceptors (Lipinski definition) is 5. The van der Waals surface area contributed by atoms with Gasteiger partial charge in [0.2, 0.25) is 0 Å². The van der Waals surface area contributed by atoms with E-state index in [1.165, 1.54) is 20.2 Å². The Labute approximate surface area is 145 Å². The number of fused-ring (bicyclic) bond motifs is 5. The van der Waals surface area contributed by atoms with Crippen molar-refractivity contribution in [3.8, 4) is 0 Å². The number of thiophene rings is 1. The molecule has 0 bridgehead atoms. The smallest absolute Gasteiger partial charge is 0.0918 e. The van der Waals surface area contributed by atoms with Crippen molar-refractivity contribution in [1.29, 1.82) is 0 Å². The Hall–Kier alpha value is -0.850. The molecular formula is C18H21NO2S2. The maximum Gasteiger partial charge on any atom is 0.0918 e. The predicted octanol–water partition coefficient (Wildman–Crippen LogP) is 3.88. The first-order valence-corrected chi connectivity index (χ1v) is 9.59. The Kier molecular flexibility index (Phi) is 4.24. The fourth-order valence-electron chi connectivity index (χ4n) is 3.64. The summed E-state index contributed by atoms with van der Waals surface area (Å²) >= 11 is 3.53. The Morgan fingerprint density at radius 2 is 2.09 bits per heavy atom. The van der Waals surface area contributed by atoms with Crippen LogP contribution in [0.1, 0.15) is 34.4 Å². The van der Waals surface area contributed by atoms with Gasteiger partial charge in [0.25, 0.3) is 0 Å². The van der Waals surface area contributed by atoms with Gasteiger partial charge in [-0.15, -0.1) is 11.3 Å². The summed E-state index contributed by atoms with van der Waals surface area (Å²) in [6.45, 7) is 1.06. The normalized spacial score (nSPS) is 25.8. The average molecular weight is 348 g/mol. The van der Waals surface area contributed by atoms with Gasteiger partial charge in [-0.05, 0) is 38.2 Å². The number of rotatable bonds is 3. The standard InChI is InChI=1S/C18H21NO2S2/c1-19(2)9-11-7-14-13-5-3-4-6-16(13)23-18-15(17(14)21-11)8-12(10-20)22-18/h3-6,8,11,14,17,20H,7,9-10H2,1-2H3/t11-,14-,17+/m1/s1. The molecule has 122 valence electrons. The van der Waals surface area contributed by atoms with Gasteiger partial charge in [-0.25, -0.2) is 0 Å². The van der Waals surface area contributed by atoms with Crippen molar-refractivity contribution in [1.82, 2.24) is 4.90 Å². The Balaban J connectivity index is 1.77. The zero-order valence-corrected chi connectivity index (χ0v) is 15.0. The lowest BCUT2D eigenvalue weighted by Crippen LogP contribution is -2.25. The summed E-state index contributed by atoms with van der Waals surface area (Å²) in [7, 11) is 4.20. The number of hydrogen-bond donors (Lipinski definition) is 1. The molecule has 2 aliphatic rings. The van der Waals surface area contributed by atoms with Crippen molar-refractivity contribution in [2.45, 2.75) is 40.3 Å². The number of aliphatic hydroxyl groups is 1. The third-order valence-corrected chi connectivity index (χ3v) is 6.99. The van der Waals surface area contributed by atoms with Crippen LogP contribution in [0.4, 0.5) is 0 Å². The van der Waals surface area contributed by atoms with Gasteiger partial charge in [0.05, 0.1) is 23.0 Å². The number of aliphatic hydroxyl groups excluding tert-OH is 1. The van der Waals surface area contributed by atoms with E-state index in [1.807, 2.05) is 11.8 Å². The first kappa shape index (κ1) is 15.7. The van der Waals surface area contributed by atoms with Crippen LogP contribution in [0.2, 0.25) is 0 Å². The lowest BCUT2D eigenvalue weighted by molar-refractivity contribution is 0.0263. The second-order valence-corrected chi connectivity index (χ2v) is 8.98. The number of likely N-dealkylation sites (N-methyl/N-ethyl adjacent to an activating group) is 1. The van der Waals surface area contributed by atoms with E-state index in [4.69, 9.17) is 4.74 Å². The SMILES string of the molecule is CN(C)C[C@H]1C[C@@H]2c3ccccc3Sc3sc(CO)cc3[C@H]2O1. The van der Waals surface area contributed by atoms with Crippen molar-refractivity contribution in [2.75, 3.05) is 20.6 Å². The van der Waals surface area contributed by atoms with Crippen molar-refractivity contribution in [3.05, 3.63) is 46.3 Å². The highest BCUT2D eigenvalue weighted by molar-refractivity contribution is 8.01. The largest absolute Gasteiger partial charge is 0.391 e. The molecular weight excluding hydrogens is 326 g/mol. The highest BCUT2D eigenvalue weighted by Crippen LogP contribution is 2.55. The zero-order valence-electron chi connectivity index (χ0n) is 13.4. The highest BCUT2D eigenvalue weighted by atomic mass is 32.2. The molecule has 0 aliphatic carbocycles. The maximum absolute atomic E-state index is 9.52. The predicted molar refractivity (Wildman–Crippen MR) is 94.3 cm³/mol. The van der Waals surface area contributed by atoms with Crippen LogP contribution in [0.3, 0.4) is 0 Å². The second kappa shape index (κ2) is 6.22. The third kappa shape index (κ3) is 2.85. The number of ether oxygens (including phenoxy) is 1. The summed E-state index contributed by atoms with van der Waals surface area (Å²) in [5.41, 5.74) is 2.68. The van der Waals surface area contributed by atoms with Gasteiger partial charge >= 0.3 is 0 Å². The molecule has 0 spiro atoms. The molecule has 3 atom stereocenters.